The number of amides is 1. The molecule has 4 rings (SSSR count). The number of carbonyl (C=O) groups is 1. The molecule has 2 aromatic rings. The van der Waals surface area contributed by atoms with Gasteiger partial charge in [0.2, 0.25) is 5.17 Å². The summed E-state index contributed by atoms with van der Waals surface area (Å²) in [6, 6.07) is 10.4. The predicted octanol–water partition coefficient (Wildman–Crippen LogP) is 5.99. The molecule has 3 heterocycles. The number of hydrogen-bond acceptors (Lipinski definition) is 4. The Labute approximate surface area is 193 Å². The number of hydrazone groups is 1. The topological polar surface area (TPSA) is 73.8 Å². The standard InChI is InChI=1S/C25H29N5OS/c1-5-6-7-8-12-22-28-30-23(26)21(24(31)27-25(30)32-22)15-19-14-17(3)29(18(19)4)20-11-9-10-16(2)13-20/h9-11,13-15,26H,5-8,12H2,1-4H3/b21-15-,26-23?. The molecule has 2 aliphatic heterocycles. The van der Waals surface area contributed by atoms with E-state index in [1.54, 1.807) is 6.08 Å². The molecular formula is C25H29N5OS. The van der Waals surface area contributed by atoms with Gasteiger partial charge in [0, 0.05) is 17.1 Å². The van der Waals surface area contributed by atoms with Gasteiger partial charge in [0.05, 0.1) is 5.57 Å². The van der Waals surface area contributed by atoms with Gasteiger partial charge in [-0.25, -0.2) is 0 Å². The lowest BCUT2D eigenvalue weighted by Gasteiger charge is -2.20. The predicted molar refractivity (Wildman–Crippen MR) is 134 cm³/mol. The van der Waals surface area contributed by atoms with Crippen molar-refractivity contribution in [2.24, 2.45) is 10.1 Å². The molecule has 6 nitrogen and oxygen atoms in total. The van der Waals surface area contributed by atoms with Crippen molar-refractivity contribution in [2.75, 3.05) is 0 Å². The van der Waals surface area contributed by atoms with Crippen LogP contribution in [0.1, 0.15) is 61.5 Å². The van der Waals surface area contributed by atoms with Crippen LogP contribution in [0.2, 0.25) is 0 Å². The Morgan fingerprint density at radius 1 is 1.12 bits per heavy atom. The van der Waals surface area contributed by atoms with Crippen LogP contribution in [0.5, 0.6) is 0 Å². The highest BCUT2D eigenvalue weighted by Gasteiger charge is 2.35. The molecule has 0 spiro atoms. The normalized spacial score (nSPS) is 17.1. The number of nitrogens with zero attached hydrogens (tertiary/aromatic N) is 4. The van der Waals surface area contributed by atoms with Crippen molar-refractivity contribution < 1.29 is 4.79 Å². The molecule has 0 unspecified atom stereocenters. The van der Waals surface area contributed by atoms with E-state index in [1.165, 1.54) is 41.6 Å². The van der Waals surface area contributed by atoms with Crippen LogP contribution >= 0.6 is 11.8 Å². The minimum Gasteiger partial charge on any atom is -0.318 e. The molecule has 1 aromatic heterocycles. The monoisotopic (exact) mass is 447 g/mol. The summed E-state index contributed by atoms with van der Waals surface area (Å²) in [4.78, 5) is 17.0. The molecular weight excluding hydrogens is 418 g/mol. The Morgan fingerprint density at radius 2 is 1.94 bits per heavy atom. The SMILES string of the molecule is CCCCCCC1=NN2C(=N)/C(=C/c3cc(C)n(-c4cccc(C)c4)c3C)C(=O)N=C2S1. The maximum Gasteiger partial charge on any atom is 0.283 e. The third-order valence-electron chi connectivity index (χ3n) is 5.77. The van der Waals surface area contributed by atoms with Gasteiger partial charge in [0.1, 0.15) is 5.04 Å². The van der Waals surface area contributed by atoms with Crippen LogP contribution in [0.3, 0.4) is 0 Å². The highest BCUT2D eigenvalue weighted by atomic mass is 32.2. The number of nitrogens with one attached hydrogen (secondary N) is 1. The number of fused-ring (bicyclic) bond motifs is 1. The first-order chi connectivity index (χ1) is 15.4. The molecule has 1 aromatic carbocycles. The molecule has 7 heteroatoms. The fourth-order valence-electron chi connectivity index (χ4n) is 4.09. The van der Waals surface area contributed by atoms with Gasteiger partial charge in [-0.05, 0) is 80.8 Å². The van der Waals surface area contributed by atoms with Gasteiger partial charge < -0.3 is 4.57 Å². The zero-order valence-corrected chi connectivity index (χ0v) is 19.9. The fraction of sp³-hybridized carbons (Fsp3) is 0.360. The summed E-state index contributed by atoms with van der Waals surface area (Å²) >= 11 is 1.41. The van der Waals surface area contributed by atoms with Crippen LogP contribution < -0.4 is 0 Å². The number of benzene rings is 1. The quantitative estimate of drug-likeness (QED) is 0.418. The average Bonchev–Trinajstić information content (AvgIpc) is 3.28. The first-order valence-corrected chi connectivity index (χ1v) is 12.0. The fourth-order valence-corrected chi connectivity index (χ4v) is 5.02. The van der Waals surface area contributed by atoms with Crippen LogP contribution in [-0.4, -0.2) is 31.5 Å². The average molecular weight is 448 g/mol. The maximum absolute atomic E-state index is 12.8. The summed E-state index contributed by atoms with van der Waals surface area (Å²) in [5.74, 6) is -0.284. The minimum absolute atomic E-state index is 0.0939. The van der Waals surface area contributed by atoms with E-state index < -0.39 is 0 Å². The Balaban J connectivity index is 1.61. The molecule has 0 saturated carbocycles. The Hall–Kier alpha value is -2.93. The number of amidine groups is 2. The zero-order chi connectivity index (χ0) is 22.8. The number of aliphatic imine (C=N–C) groups is 1. The Morgan fingerprint density at radius 3 is 2.69 bits per heavy atom. The molecule has 1 amide bonds. The van der Waals surface area contributed by atoms with Crippen molar-refractivity contribution in [3.05, 3.63) is 58.4 Å². The second kappa shape index (κ2) is 9.28. The first kappa shape index (κ1) is 22.3. The number of unbranched alkanes of at least 4 members (excludes halogenated alkanes) is 3. The maximum atomic E-state index is 12.8. The second-order valence-electron chi connectivity index (χ2n) is 8.33. The molecule has 32 heavy (non-hydrogen) atoms. The van der Waals surface area contributed by atoms with Gasteiger partial charge in [-0.1, -0.05) is 38.3 Å². The molecule has 0 fully saturated rings. The van der Waals surface area contributed by atoms with Crippen molar-refractivity contribution in [2.45, 2.75) is 59.8 Å². The van der Waals surface area contributed by atoms with E-state index >= 15 is 0 Å². The van der Waals surface area contributed by atoms with E-state index in [2.05, 4.69) is 46.7 Å². The van der Waals surface area contributed by atoms with Gasteiger partial charge in [-0.15, -0.1) is 0 Å². The number of aromatic nitrogens is 1. The lowest BCUT2D eigenvalue weighted by Crippen LogP contribution is -2.35. The Bertz CT molecular complexity index is 1170. The van der Waals surface area contributed by atoms with Gasteiger partial charge >= 0.3 is 0 Å². The number of rotatable bonds is 7. The summed E-state index contributed by atoms with van der Waals surface area (Å²) in [7, 11) is 0. The first-order valence-electron chi connectivity index (χ1n) is 11.1. The summed E-state index contributed by atoms with van der Waals surface area (Å²) in [6.07, 6.45) is 7.27. The Kier molecular flexibility index (Phi) is 6.46. The van der Waals surface area contributed by atoms with Crippen molar-refractivity contribution in [1.29, 1.82) is 5.41 Å². The van der Waals surface area contributed by atoms with E-state index in [0.717, 1.165) is 40.5 Å². The van der Waals surface area contributed by atoms with Gasteiger partial charge in [-0.3, -0.25) is 10.2 Å². The van der Waals surface area contributed by atoms with E-state index in [4.69, 9.17) is 5.41 Å². The second-order valence-corrected chi connectivity index (χ2v) is 9.37. The van der Waals surface area contributed by atoms with Crippen LogP contribution in [-0.2, 0) is 4.79 Å². The van der Waals surface area contributed by atoms with Gasteiger partial charge in [0.15, 0.2) is 5.84 Å². The minimum atomic E-state index is -0.378. The molecule has 166 valence electrons. The number of carbonyl (C=O) groups excluding carboxylic acids is 1. The zero-order valence-electron chi connectivity index (χ0n) is 19.1. The van der Waals surface area contributed by atoms with Crippen molar-refractivity contribution in [1.82, 2.24) is 9.58 Å². The number of thioether (sulfide) groups is 1. The lowest BCUT2D eigenvalue weighted by molar-refractivity contribution is -0.114. The van der Waals surface area contributed by atoms with Gasteiger partial charge in [-0.2, -0.15) is 15.1 Å². The largest absolute Gasteiger partial charge is 0.318 e. The van der Waals surface area contributed by atoms with Crippen molar-refractivity contribution >= 4 is 39.8 Å². The third-order valence-corrected chi connectivity index (χ3v) is 6.74. The summed E-state index contributed by atoms with van der Waals surface area (Å²) in [5, 5.41) is 16.1. The van der Waals surface area contributed by atoms with Crippen molar-refractivity contribution in [3.8, 4) is 5.69 Å². The molecule has 0 atom stereocenters. The third kappa shape index (κ3) is 4.35. The lowest BCUT2D eigenvalue weighted by atomic mass is 10.1. The molecule has 0 bridgehead atoms. The van der Waals surface area contributed by atoms with E-state index in [9.17, 15) is 4.79 Å². The number of aryl methyl sites for hydroxylation is 2. The van der Waals surface area contributed by atoms with E-state index in [0.29, 0.717) is 5.17 Å². The summed E-state index contributed by atoms with van der Waals surface area (Å²) in [5.41, 5.74) is 5.55. The van der Waals surface area contributed by atoms with Crippen LogP contribution in [0.15, 0.2) is 46.0 Å². The number of hydrogen-bond donors (Lipinski definition) is 1. The summed E-state index contributed by atoms with van der Waals surface area (Å²) < 4.78 is 2.17. The molecule has 2 aliphatic rings. The molecule has 0 saturated heterocycles. The molecule has 1 N–H and O–H groups in total. The molecule has 0 aliphatic carbocycles. The van der Waals surface area contributed by atoms with Crippen LogP contribution in [0, 0.1) is 26.2 Å². The summed E-state index contributed by atoms with van der Waals surface area (Å²) in [6.45, 7) is 8.35. The van der Waals surface area contributed by atoms with Crippen LogP contribution in [0.4, 0.5) is 0 Å². The van der Waals surface area contributed by atoms with E-state index in [1.807, 2.05) is 26.0 Å². The molecule has 0 radical (unpaired) electrons. The highest BCUT2D eigenvalue weighted by Crippen LogP contribution is 2.31. The smallest absolute Gasteiger partial charge is 0.283 e. The van der Waals surface area contributed by atoms with Crippen LogP contribution in [0.25, 0.3) is 11.8 Å². The van der Waals surface area contributed by atoms with Crippen molar-refractivity contribution in [3.63, 3.8) is 0 Å². The van der Waals surface area contributed by atoms with E-state index in [-0.39, 0.29) is 17.3 Å². The van der Waals surface area contributed by atoms with Gasteiger partial charge in [0.25, 0.3) is 5.91 Å². The highest BCUT2D eigenvalue weighted by molar-refractivity contribution is 8.26.